The lowest BCUT2D eigenvalue weighted by Crippen LogP contribution is -2.11. The lowest BCUT2D eigenvalue weighted by molar-refractivity contribution is 0.613. The molecule has 1 heterocycles. The molecule has 3 heteroatoms. The minimum Gasteiger partial charge on any atom is -0.344 e. The molecule has 1 aliphatic carbocycles. The van der Waals surface area contributed by atoms with Crippen molar-refractivity contribution >= 4 is 0 Å². The van der Waals surface area contributed by atoms with Gasteiger partial charge in [0.05, 0.1) is 11.7 Å². The van der Waals surface area contributed by atoms with Gasteiger partial charge in [0.2, 0.25) is 0 Å². The number of aryl methyl sites for hydroxylation is 1. The molecule has 3 N–H and O–H groups in total. The Bertz CT molecular complexity index is 316. The van der Waals surface area contributed by atoms with Gasteiger partial charge in [-0.3, -0.25) is 0 Å². The molecule has 1 aliphatic rings. The van der Waals surface area contributed by atoms with Gasteiger partial charge in [0.15, 0.2) is 0 Å². The summed E-state index contributed by atoms with van der Waals surface area (Å²) >= 11 is 0. The van der Waals surface area contributed by atoms with E-state index in [1.807, 2.05) is 0 Å². The summed E-state index contributed by atoms with van der Waals surface area (Å²) in [6.07, 6.45) is 4.55. The van der Waals surface area contributed by atoms with E-state index >= 15 is 0 Å². The summed E-state index contributed by atoms with van der Waals surface area (Å²) in [7, 11) is 0. The Hall–Kier alpha value is -0.830. The molecule has 0 amide bonds. The molecule has 0 spiro atoms. The van der Waals surface area contributed by atoms with Crippen molar-refractivity contribution in [1.29, 1.82) is 0 Å². The smallest absolute Gasteiger partial charge is 0.123 e. The van der Waals surface area contributed by atoms with Gasteiger partial charge in [0.1, 0.15) is 5.82 Å². The molecule has 1 aromatic heterocycles. The molecule has 0 fully saturated rings. The van der Waals surface area contributed by atoms with Crippen LogP contribution in [0.4, 0.5) is 0 Å². The van der Waals surface area contributed by atoms with Crippen LogP contribution in [0, 0.1) is 0 Å². The Morgan fingerprint density at radius 3 is 3.00 bits per heavy atom. The minimum absolute atomic E-state index is 0.0816. The fourth-order valence-corrected chi connectivity index (χ4v) is 2.19. The van der Waals surface area contributed by atoms with Crippen LogP contribution in [-0.2, 0) is 6.42 Å². The Morgan fingerprint density at radius 1 is 1.57 bits per heavy atom. The predicted octanol–water partition coefficient (Wildman–Crippen LogP) is 2.26. The molecule has 0 radical (unpaired) electrons. The topological polar surface area (TPSA) is 54.7 Å². The van der Waals surface area contributed by atoms with Crippen LogP contribution in [0.5, 0.6) is 0 Å². The van der Waals surface area contributed by atoms with Crippen LogP contribution in [0.2, 0.25) is 0 Å². The molecule has 0 aromatic carbocycles. The number of aromatic amines is 1. The van der Waals surface area contributed by atoms with Gasteiger partial charge in [-0.15, -0.1) is 0 Å². The number of nitrogens with two attached hydrogens (primary N) is 1. The fraction of sp³-hybridized carbons (Fsp3) is 0.727. The summed E-state index contributed by atoms with van der Waals surface area (Å²) < 4.78 is 0. The van der Waals surface area contributed by atoms with Gasteiger partial charge in [-0.05, 0) is 25.7 Å². The Labute approximate surface area is 85.1 Å². The number of hydrogen-bond acceptors (Lipinski definition) is 2. The van der Waals surface area contributed by atoms with Gasteiger partial charge < -0.3 is 10.7 Å². The van der Waals surface area contributed by atoms with Crippen molar-refractivity contribution in [2.45, 2.75) is 51.5 Å². The molecule has 14 heavy (non-hydrogen) atoms. The third-order valence-electron chi connectivity index (χ3n) is 3.24. The van der Waals surface area contributed by atoms with E-state index in [9.17, 15) is 0 Å². The van der Waals surface area contributed by atoms with Gasteiger partial charge >= 0.3 is 0 Å². The minimum atomic E-state index is 0.0816. The summed E-state index contributed by atoms with van der Waals surface area (Å²) in [6, 6.07) is 0.0816. The van der Waals surface area contributed by atoms with Crippen molar-refractivity contribution in [2.75, 3.05) is 0 Å². The van der Waals surface area contributed by atoms with Gasteiger partial charge in [0.25, 0.3) is 0 Å². The van der Waals surface area contributed by atoms with Crippen LogP contribution >= 0.6 is 0 Å². The molecule has 0 aliphatic heterocycles. The van der Waals surface area contributed by atoms with Gasteiger partial charge in [-0.25, -0.2) is 4.98 Å². The van der Waals surface area contributed by atoms with Crippen LogP contribution in [0.15, 0.2) is 0 Å². The first-order chi connectivity index (χ1) is 6.76. The second-order valence-electron chi connectivity index (χ2n) is 4.14. The highest BCUT2D eigenvalue weighted by Crippen LogP contribution is 2.34. The maximum Gasteiger partial charge on any atom is 0.123 e. The average Bonchev–Trinajstić information content (AvgIpc) is 2.74. The normalized spacial score (nSPS) is 22.4. The third kappa shape index (κ3) is 1.46. The standard InChI is InChI=1S/C11H19N3/c1-3-7-5-6-9-10(7)14-11(13-9)8(12)4-2/h7-8H,3-6,12H2,1-2H3,(H,13,14)/t7?,8-/m0/s1. The Kier molecular flexibility index (Phi) is 2.59. The van der Waals surface area contributed by atoms with E-state index in [2.05, 4.69) is 23.8 Å². The van der Waals surface area contributed by atoms with Crippen LogP contribution in [0.25, 0.3) is 0 Å². The summed E-state index contributed by atoms with van der Waals surface area (Å²) in [5.41, 5.74) is 8.56. The maximum absolute atomic E-state index is 5.95. The molecular weight excluding hydrogens is 174 g/mol. The van der Waals surface area contributed by atoms with Crippen LogP contribution in [0.3, 0.4) is 0 Å². The summed E-state index contributed by atoms with van der Waals surface area (Å²) in [4.78, 5) is 8.01. The van der Waals surface area contributed by atoms with E-state index in [4.69, 9.17) is 5.73 Å². The molecule has 0 saturated heterocycles. The van der Waals surface area contributed by atoms with Crippen molar-refractivity contribution in [3.8, 4) is 0 Å². The van der Waals surface area contributed by atoms with E-state index in [1.54, 1.807) is 0 Å². The van der Waals surface area contributed by atoms with E-state index < -0.39 is 0 Å². The zero-order chi connectivity index (χ0) is 10.1. The SMILES string of the molecule is CCC1CCc2[nH]c([C@@H](N)CC)nc21. The number of H-pyrrole nitrogens is 1. The van der Waals surface area contributed by atoms with Gasteiger partial charge in [-0.2, -0.15) is 0 Å². The highest BCUT2D eigenvalue weighted by molar-refractivity contribution is 5.25. The number of imidazole rings is 1. The number of nitrogens with one attached hydrogen (secondary N) is 1. The average molecular weight is 193 g/mol. The third-order valence-corrected chi connectivity index (χ3v) is 3.24. The molecular formula is C11H19N3. The quantitative estimate of drug-likeness (QED) is 0.773. The van der Waals surface area contributed by atoms with E-state index in [1.165, 1.54) is 24.2 Å². The fourth-order valence-electron chi connectivity index (χ4n) is 2.19. The van der Waals surface area contributed by atoms with Gasteiger partial charge in [0, 0.05) is 11.6 Å². The van der Waals surface area contributed by atoms with Crippen molar-refractivity contribution in [3.63, 3.8) is 0 Å². The summed E-state index contributed by atoms with van der Waals surface area (Å²) in [6.45, 7) is 4.32. The van der Waals surface area contributed by atoms with Crippen LogP contribution in [-0.4, -0.2) is 9.97 Å². The molecule has 2 rings (SSSR count). The summed E-state index contributed by atoms with van der Waals surface area (Å²) in [5, 5.41) is 0. The number of nitrogens with zero attached hydrogens (tertiary/aromatic N) is 1. The molecule has 3 nitrogen and oxygen atoms in total. The molecule has 1 aromatic rings. The van der Waals surface area contributed by atoms with Crippen LogP contribution in [0.1, 0.15) is 62.3 Å². The number of aromatic nitrogens is 2. The van der Waals surface area contributed by atoms with Crippen molar-refractivity contribution < 1.29 is 0 Å². The largest absolute Gasteiger partial charge is 0.344 e. The molecule has 0 saturated carbocycles. The highest BCUT2D eigenvalue weighted by atomic mass is 15.0. The Balaban J connectivity index is 2.25. The second kappa shape index (κ2) is 3.73. The van der Waals surface area contributed by atoms with E-state index in [0.717, 1.165) is 18.7 Å². The second-order valence-corrected chi connectivity index (χ2v) is 4.14. The number of hydrogen-bond donors (Lipinski definition) is 2. The molecule has 2 atom stereocenters. The molecule has 0 bridgehead atoms. The van der Waals surface area contributed by atoms with Crippen molar-refractivity contribution in [1.82, 2.24) is 9.97 Å². The first-order valence-corrected chi connectivity index (χ1v) is 5.60. The first-order valence-electron chi connectivity index (χ1n) is 5.60. The zero-order valence-corrected chi connectivity index (χ0v) is 9.01. The van der Waals surface area contributed by atoms with E-state index in [0.29, 0.717) is 5.92 Å². The molecule has 1 unspecified atom stereocenters. The molecule has 78 valence electrons. The lowest BCUT2D eigenvalue weighted by atomic mass is 10.1. The lowest BCUT2D eigenvalue weighted by Gasteiger charge is -2.06. The first kappa shape index (κ1) is 9.71. The zero-order valence-electron chi connectivity index (χ0n) is 9.01. The monoisotopic (exact) mass is 193 g/mol. The van der Waals surface area contributed by atoms with E-state index in [-0.39, 0.29) is 6.04 Å². The maximum atomic E-state index is 5.95. The summed E-state index contributed by atoms with van der Waals surface area (Å²) in [5.74, 6) is 1.65. The van der Waals surface area contributed by atoms with Crippen LogP contribution < -0.4 is 5.73 Å². The highest BCUT2D eigenvalue weighted by Gasteiger charge is 2.26. The Morgan fingerprint density at radius 2 is 2.36 bits per heavy atom. The number of fused-ring (bicyclic) bond motifs is 1. The van der Waals surface area contributed by atoms with Gasteiger partial charge in [-0.1, -0.05) is 13.8 Å². The van der Waals surface area contributed by atoms with Crippen molar-refractivity contribution in [2.24, 2.45) is 5.73 Å². The van der Waals surface area contributed by atoms with Crippen molar-refractivity contribution in [3.05, 3.63) is 17.2 Å². The predicted molar refractivity (Wildman–Crippen MR) is 57.2 cm³/mol. The number of rotatable bonds is 3.